The minimum Gasteiger partial charge on any atom is -0.616 e. The zero-order chi connectivity index (χ0) is 29.2. The second-order valence-electron chi connectivity index (χ2n) is 10.2. The predicted octanol–water partition coefficient (Wildman–Crippen LogP) is 6.68. The maximum absolute atomic E-state index is 12.9. The molecular formula is C27H30ClF3N2O5S. The Labute approximate surface area is 233 Å². The molecule has 0 saturated carbocycles. The molecule has 0 amide bonds. The molecule has 1 aliphatic heterocycles. The zero-order valence-corrected chi connectivity index (χ0v) is 23.7. The van der Waals surface area contributed by atoms with E-state index in [4.69, 9.17) is 36.1 Å². The van der Waals surface area contributed by atoms with Crippen LogP contribution in [0.25, 0.3) is 16.9 Å². The van der Waals surface area contributed by atoms with Gasteiger partial charge in [0, 0.05) is 29.5 Å². The molecule has 0 atom stereocenters. The third-order valence-corrected chi connectivity index (χ3v) is 8.71. The molecule has 1 aromatic heterocycles. The molecule has 7 nitrogen and oxygen atoms in total. The van der Waals surface area contributed by atoms with E-state index in [2.05, 4.69) is 0 Å². The van der Waals surface area contributed by atoms with Crippen molar-refractivity contribution >= 4 is 28.7 Å². The van der Waals surface area contributed by atoms with Crippen molar-refractivity contribution in [1.29, 1.82) is 0 Å². The van der Waals surface area contributed by atoms with Crippen LogP contribution in [0.2, 0.25) is 5.02 Å². The molecule has 0 aliphatic carbocycles. The molecule has 0 unspecified atom stereocenters. The van der Waals surface area contributed by atoms with Crippen LogP contribution in [-0.2, 0) is 16.0 Å². The van der Waals surface area contributed by atoms with E-state index in [9.17, 15) is 17.7 Å². The summed E-state index contributed by atoms with van der Waals surface area (Å²) in [7, 11) is 1.65. The van der Waals surface area contributed by atoms with Crippen LogP contribution in [-0.4, -0.2) is 54.3 Å². The zero-order valence-electron chi connectivity index (χ0n) is 22.1. The molecule has 1 N–H and O–H groups in total. The molecule has 39 heavy (non-hydrogen) atoms. The van der Waals surface area contributed by atoms with Gasteiger partial charge in [-0.05, 0) is 63.1 Å². The van der Waals surface area contributed by atoms with Gasteiger partial charge in [-0.2, -0.15) is 13.2 Å². The van der Waals surface area contributed by atoms with Gasteiger partial charge in [0.15, 0.2) is 0 Å². The van der Waals surface area contributed by atoms with E-state index < -0.39 is 23.3 Å². The molecule has 2 aromatic carbocycles. The molecule has 0 radical (unpaired) electrons. The molecule has 0 spiro atoms. The molecule has 1 saturated heterocycles. The average molecular weight is 587 g/mol. The quantitative estimate of drug-likeness (QED) is 0.335. The van der Waals surface area contributed by atoms with Crippen LogP contribution in [0.4, 0.5) is 13.2 Å². The highest BCUT2D eigenvalue weighted by Crippen LogP contribution is 2.43. The number of benzene rings is 2. The minimum absolute atomic E-state index is 0.0724. The Morgan fingerprint density at radius 1 is 1.10 bits per heavy atom. The smallest absolute Gasteiger partial charge is 0.490 e. The van der Waals surface area contributed by atoms with E-state index in [1.165, 1.54) is 0 Å². The van der Waals surface area contributed by atoms with Crippen molar-refractivity contribution in [1.82, 2.24) is 9.78 Å². The van der Waals surface area contributed by atoms with Gasteiger partial charge in [0.25, 0.3) is 0 Å². The van der Waals surface area contributed by atoms with Gasteiger partial charge in [0.2, 0.25) is 5.88 Å². The number of ether oxygens (including phenoxy) is 2. The van der Waals surface area contributed by atoms with Crippen molar-refractivity contribution in [3.05, 3.63) is 59.6 Å². The van der Waals surface area contributed by atoms with Crippen molar-refractivity contribution in [2.24, 2.45) is 0 Å². The van der Waals surface area contributed by atoms with Gasteiger partial charge in [-0.1, -0.05) is 35.9 Å². The fourth-order valence-electron chi connectivity index (χ4n) is 4.55. The van der Waals surface area contributed by atoms with Gasteiger partial charge in [-0.25, -0.2) is 9.48 Å². The van der Waals surface area contributed by atoms with E-state index in [0.29, 0.717) is 29.5 Å². The highest BCUT2D eigenvalue weighted by molar-refractivity contribution is 7.94. The fourth-order valence-corrected chi connectivity index (χ4v) is 6.85. The summed E-state index contributed by atoms with van der Waals surface area (Å²) in [5, 5.41) is 12.6. The number of carbonyl (C=O) groups is 1. The lowest BCUT2D eigenvalue weighted by atomic mass is 9.95. The summed E-state index contributed by atoms with van der Waals surface area (Å²) < 4.78 is 57.8. The second-order valence-corrected chi connectivity index (χ2v) is 13.4. The number of hydrogen-bond acceptors (Lipinski definition) is 5. The molecule has 1 fully saturated rings. The van der Waals surface area contributed by atoms with E-state index in [0.717, 1.165) is 16.9 Å². The third-order valence-electron chi connectivity index (χ3n) is 6.11. The van der Waals surface area contributed by atoms with Gasteiger partial charge in [0.05, 0.1) is 12.8 Å². The molecular weight excluding hydrogens is 557 g/mol. The normalized spacial score (nSPS) is 19.9. The number of para-hydroxylation sites is 2. The highest BCUT2D eigenvalue weighted by Gasteiger charge is 2.51. The summed E-state index contributed by atoms with van der Waals surface area (Å²) in [6.07, 6.45) is -3.74. The summed E-state index contributed by atoms with van der Waals surface area (Å²) in [6, 6.07) is 17.3. The van der Waals surface area contributed by atoms with Gasteiger partial charge >= 0.3 is 12.1 Å². The molecule has 0 bridgehead atoms. The molecule has 3 aromatic rings. The summed E-state index contributed by atoms with van der Waals surface area (Å²) in [5.41, 5.74) is 2.66. The third kappa shape index (κ3) is 7.40. The van der Waals surface area contributed by atoms with E-state index in [1.807, 2.05) is 87.0 Å². The fraction of sp³-hybridized carbons (Fsp3) is 0.407. The monoisotopic (exact) mass is 586 g/mol. The Morgan fingerprint density at radius 2 is 1.64 bits per heavy atom. The Balaban J connectivity index is 0.000000532. The van der Waals surface area contributed by atoms with Crippen molar-refractivity contribution in [3.8, 4) is 28.6 Å². The van der Waals surface area contributed by atoms with Crippen LogP contribution >= 0.6 is 11.6 Å². The van der Waals surface area contributed by atoms with Gasteiger partial charge < -0.3 is 19.1 Å². The van der Waals surface area contributed by atoms with Gasteiger partial charge in [-0.15, -0.1) is 5.10 Å². The second kappa shape index (κ2) is 11.7. The SMILES string of the molecule is COc1ccccc1-n1nc(O[C@H]2CC(C)(C)[S@+]([O-])C(C)(C)C2)cc1-c1ccc(Cl)cc1.O=C(O)C(F)(F)F. The number of halogens is 4. The number of aliphatic carboxylic acids is 1. The largest absolute Gasteiger partial charge is 0.616 e. The van der Waals surface area contributed by atoms with Crippen LogP contribution < -0.4 is 9.47 Å². The molecule has 212 valence electrons. The highest BCUT2D eigenvalue weighted by atomic mass is 35.5. The summed E-state index contributed by atoms with van der Waals surface area (Å²) in [5.74, 6) is -1.51. The number of methoxy groups -OCH3 is 1. The first-order chi connectivity index (χ1) is 18.0. The number of rotatable bonds is 5. The first-order valence-corrected chi connectivity index (χ1v) is 13.5. The molecule has 1 aliphatic rings. The lowest BCUT2D eigenvalue weighted by Gasteiger charge is -2.46. The van der Waals surface area contributed by atoms with E-state index in [1.54, 1.807) is 7.11 Å². The van der Waals surface area contributed by atoms with Crippen molar-refractivity contribution < 1.29 is 37.1 Å². The van der Waals surface area contributed by atoms with E-state index in [-0.39, 0.29) is 15.6 Å². The van der Waals surface area contributed by atoms with Crippen LogP contribution in [0.15, 0.2) is 54.6 Å². The van der Waals surface area contributed by atoms with Gasteiger partial charge in [0.1, 0.15) is 27.0 Å². The number of hydrogen-bond donors (Lipinski definition) is 1. The Bertz CT molecular complexity index is 1280. The van der Waals surface area contributed by atoms with Crippen molar-refractivity contribution in [3.63, 3.8) is 0 Å². The Hall–Kier alpha value is -2.89. The summed E-state index contributed by atoms with van der Waals surface area (Å²) >= 11 is 5.17. The Morgan fingerprint density at radius 3 is 2.15 bits per heavy atom. The maximum Gasteiger partial charge on any atom is 0.490 e. The number of carboxylic acid groups (broad SMARTS) is 1. The standard InChI is InChI=1S/C25H29ClN2O3S.C2HF3O2/c1-24(2)15-19(16-25(3,4)32(24)29)31-23-14-21(17-10-12-18(26)13-11-17)28(27-23)20-8-6-7-9-22(20)30-5;3-2(4,5)1(6)7/h6-14,19H,15-16H2,1-5H3;(H,6,7)/t19-,32-;. The van der Waals surface area contributed by atoms with Crippen LogP contribution in [0.1, 0.15) is 40.5 Å². The van der Waals surface area contributed by atoms with Crippen LogP contribution in [0, 0.1) is 0 Å². The maximum atomic E-state index is 12.9. The Kier molecular flexibility index (Phi) is 9.19. The van der Waals surface area contributed by atoms with Crippen molar-refractivity contribution in [2.45, 2.75) is 62.3 Å². The topological polar surface area (TPSA) is 96.6 Å². The molecule has 2 heterocycles. The van der Waals surface area contributed by atoms with Crippen molar-refractivity contribution in [2.75, 3.05) is 7.11 Å². The van der Waals surface area contributed by atoms with Crippen LogP contribution in [0.3, 0.4) is 0 Å². The van der Waals surface area contributed by atoms with Gasteiger partial charge in [-0.3, -0.25) is 0 Å². The number of nitrogens with zero attached hydrogens (tertiary/aromatic N) is 2. The molecule has 12 heteroatoms. The number of carboxylic acids is 1. The lowest BCUT2D eigenvalue weighted by Crippen LogP contribution is -2.55. The van der Waals surface area contributed by atoms with E-state index >= 15 is 0 Å². The predicted molar refractivity (Wildman–Crippen MR) is 144 cm³/mol. The van der Waals surface area contributed by atoms with Crippen LogP contribution in [0.5, 0.6) is 11.6 Å². The summed E-state index contributed by atoms with van der Waals surface area (Å²) in [4.78, 5) is 8.90. The minimum atomic E-state index is -5.08. The summed E-state index contributed by atoms with van der Waals surface area (Å²) in [6.45, 7) is 8.19. The lowest BCUT2D eigenvalue weighted by molar-refractivity contribution is -0.192. The first kappa shape index (κ1) is 30.6. The number of aromatic nitrogens is 2. The first-order valence-electron chi connectivity index (χ1n) is 11.9. The molecule has 4 rings (SSSR count). The number of alkyl halides is 3. The average Bonchev–Trinajstić information content (AvgIpc) is 3.25.